The maximum Gasteiger partial charge on any atom is 0.362 e. The van der Waals surface area contributed by atoms with Crippen molar-refractivity contribution in [1.82, 2.24) is 24.7 Å². The molecular weight excluding hydrogens is 696 g/mol. The molecule has 1 saturated heterocycles. The van der Waals surface area contributed by atoms with Crippen LogP contribution in [-0.2, 0) is 29.5 Å². The van der Waals surface area contributed by atoms with E-state index in [0.29, 0.717) is 12.3 Å². The maximum atomic E-state index is 13.2. The highest BCUT2D eigenvalue weighted by Crippen LogP contribution is 2.24. The Labute approximate surface area is 278 Å². The van der Waals surface area contributed by atoms with Gasteiger partial charge >= 0.3 is 16.3 Å². The number of carbonyl (C=O) groups excluding carboxylic acids is 4. The number of anilines is 2. The van der Waals surface area contributed by atoms with E-state index in [2.05, 4.69) is 26.1 Å². The van der Waals surface area contributed by atoms with Gasteiger partial charge in [-0.2, -0.15) is 13.1 Å². The number of hydrogen-bond acceptors (Lipinski definition) is 15. The third-order valence-corrected chi connectivity index (χ3v) is 8.31. The number of thiazole rings is 1. The highest BCUT2D eigenvalue weighted by Gasteiger charge is 2.54. The molecule has 49 heavy (non-hydrogen) atoms. The van der Waals surface area contributed by atoms with E-state index in [1.807, 2.05) is 0 Å². The Bertz CT molecular complexity index is 2040. The maximum absolute atomic E-state index is 13.2. The molecule has 4 rings (SSSR count). The van der Waals surface area contributed by atoms with Crippen LogP contribution < -0.4 is 27.1 Å². The van der Waals surface area contributed by atoms with Gasteiger partial charge in [-0.1, -0.05) is 5.16 Å². The minimum Gasteiger partial charge on any atom is -0.503 e. The molecule has 3 aromatic rings. The summed E-state index contributed by atoms with van der Waals surface area (Å²) in [6, 6.07) is 2.51. The second-order valence-electron chi connectivity index (χ2n) is 10.5. The summed E-state index contributed by atoms with van der Waals surface area (Å²) in [5.41, 5.74) is 1.59. The van der Waals surface area contributed by atoms with Crippen LogP contribution in [0.3, 0.4) is 0 Å². The lowest BCUT2D eigenvalue weighted by Gasteiger charge is -2.44. The Morgan fingerprint density at radius 2 is 1.80 bits per heavy atom. The number of carboxylic acid groups (broad SMARTS) is 1. The second-order valence-corrected chi connectivity index (χ2v) is 12.7. The minimum absolute atomic E-state index is 0.00486. The fraction of sp³-hybridized carbons (Fsp3) is 0.231. The van der Waals surface area contributed by atoms with E-state index in [9.17, 15) is 57.2 Å². The van der Waals surface area contributed by atoms with Crippen LogP contribution in [0, 0.1) is 0 Å². The molecule has 2 atom stereocenters. The topological polar surface area (TPSA) is 322 Å². The zero-order chi connectivity index (χ0) is 36.4. The van der Waals surface area contributed by atoms with Crippen LogP contribution in [0.25, 0.3) is 0 Å². The van der Waals surface area contributed by atoms with Crippen LogP contribution >= 0.6 is 11.3 Å². The largest absolute Gasteiger partial charge is 0.503 e. The van der Waals surface area contributed by atoms with Gasteiger partial charge in [0.2, 0.25) is 11.0 Å². The number of nitrogens with two attached hydrogens (primary N) is 1. The number of carboxylic acids is 1. The fourth-order valence-electron chi connectivity index (χ4n) is 4.05. The van der Waals surface area contributed by atoms with Crippen molar-refractivity contribution in [1.29, 1.82) is 0 Å². The van der Waals surface area contributed by atoms with Gasteiger partial charge in [-0.05, 0) is 38.1 Å². The van der Waals surface area contributed by atoms with Crippen molar-refractivity contribution in [2.45, 2.75) is 31.5 Å². The number of benzene rings is 1. The van der Waals surface area contributed by atoms with Crippen molar-refractivity contribution in [3.8, 4) is 5.75 Å². The summed E-state index contributed by atoms with van der Waals surface area (Å²) in [6.07, 6.45) is 0.626. The third kappa shape index (κ3) is 7.91. The lowest BCUT2D eigenvalue weighted by molar-refractivity contribution is -0.161. The van der Waals surface area contributed by atoms with E-state index in [1.54, 1.807) is 0 Å². The van der Waals surface area contributed by atoms with Gasteiger partial charge in [0, 0.05) is 29.2 Å². The van der Waals surface area contributed by atoms with Crippen LogP contribution in [0.15, 0.2) is 51.9 Å². The Morgan fingerprint density at radius 3 is 2.37 bits per heavy atom. The second kappa shape index (κ2) is 13.6. The molecule has 1 aliphatic heterocycles. The van der Waals surface area contributed by atoms with Crippen LogP contribution in [0.5, 0.6) is 5.75 Å². The molecule has 0 spiro atoms. The van der Waals surface area contributed by atoms with E-state index in [1.165, 1.54) is 29.6 Å². The summed E-state index contributed by atoms with van der Waals surface area (Å²) in [4.78, 5) is 83.2. The van der Waals surface area contributed by atoms with Crippen LogP contribution in [0.1, 0.15) is 40.4 Å². The lowest BCUT2D eigenvalue weighted by Crippen LogP contribution is -2.74. The normalized spacial score (nSPS) is 16.3. The number of aliphatic carboxylic acids is 1. The summed E-state index contributed by atoms with van der Waals surface area (Å²) in [5.74, 6) is -6.42. The minimum atomic E-state index is -5.16. The van der Waals surface area contributed by atoms with E-state index in [4.69, 9.17) is 10.6 Å². The highest BCUT2D eigenvalue weighted by molar-refractivity contribution is 7.84. The molecule has 21 nitrogen and oxygen atoms in total. The van der Waals surface area contributed by atoms with Crippen LogP contribution in [0.2, 0.25) is 0 Å². The standard InChI is InChI=1S/C26H26N8O13S2/c1-26(2,24(41)42)47-32-18(13-10-48-25(27)30-13)22(39)31-19-15(34(23(19)40)49(44,45)46)8-28-20(37)11-3-5-12(6-4-11)29-21(38)14-7-16(35)17(36)9-33(14)43/h3-7,9-10,15,19,36,43H,8H2,1-2H3,(H2,27,30)(H,28,37)(H,29,38)(H,31,39)(H,41,42)(H,44,45,46)/t15-,19-/m0/s1. The quantitative estimate of drug-likeness (QED) is 0.0350. The Kier molecular flexibility index (Phi) is 9.91. The monoisotopic (exact) mass is 722 g/mol. The van der Waals surface area contributed by atoms with Gasteiger partial charge in [0.25, 0.3) is 23.6 Å². The molecule has 0 saturated carbocycles. The molecule has 4 amide bonds. The first kappa shape index (κ1) is 35.8. The number of carbonyl (C=O) groups is 5. The molecule has 0 bridgehead atoms. The molecule has 23 heteroatoms. The van der Waals surface area contributed by atoms with Gasteiger partial charge in [-0.15, -0.1) is 11.3 Å². The van der Waals surface area contributed by atoms with Gasteiger partial charge in [0.15, 0.2) is 16.6 Å². The zero-order valence-corrected chi connectivity index (χ0v) is 26.7. The van der Waals surface area contributed by atoms with Crippen molar-refractivity contribution < 1.29 is 57.2 Å². The molecule has 1 fully saturated rings. The van der Waals surface area contributed by atoms with Gasteiger partial charge in [0.1, 0.15) is 17.4 Å². The number of amides is 4. The predicted molar refractivity (Wildman–Crippen MR) is 166 cm³/mol. The van der Waals surface area contributed by atoms with Gasteiger partial charge in [-0.3, -0.25) is 28.5 Å². The molecule has 9 N–H and O–H groups in total. The average molecular weight is 723 g/mol. The van der Waals surface area contributed by atoms with Crippen molar-refractivity contribution in [3.05, 3.63) is 69.1 Å². The Morgan fingerprint density at radius 1 is 1.14 bits per heavy atom. The molecule has 0 radical (unpaired) electrons. The smallest absolute Gasteiger partial charge is 0.362 e. The first-order valence-corrected chi connectivity index (χ1v) is 15.7. The van der Waals surface area contributed by atoms with Crippen LogP contribution in [0.4, 0.5) is 10.8 Å². The zero-order valence-electron chi connectivity index (χ0n) is 25.0. The number of β-lactam (4-membered cyclic amide) rings is 1. The number of rotatable bonds is 12. The Hall–Kier alpha value is -6.07. The first-order chi connectivity index (χ1) is 22.8. The number of hydrogen-bond donors (Lipinski definition) is 8. The lowest BCUT2D eigenvalue weighted by atomic mass is 9.98. The molecule has 0 unspecified atom stereocenters. The van der Waals surface area contributed by atoms with Gasteiger partial charge in [-0.25, -0.2) is 14.1 Å². The predicted octanol–water partition coefficient (Wildman–Crippen LogP) is -1.41. The number of nitrogens with one attached hydrogen (secondary N) is 3. The van der Waals surface area contributed by atoms with Crippen molar-refractivity contribution in [2.75, 3.05) is 17.6 Å². The molecular formula is C26H26N8O13S2. The molecule has 3 heterocycles. The van der Waals surface area contributed by atoms with Crippen molar-refractivity contribution in [2.24, 2.45) is 5.16 Å². The van der Waals surface area contributed by atoms with E-state index in [0.717, 1.165) is 25.2 Å². The Balaban J connectivity index is 1.47. The third-order valence-electron chi connectivity index (χ3n) is 6.69. The van der Waals surface area contributed by atoms with Gasteiger partial charge < -0.3 is 41.9 Å². The van der Waals surface area contributed by atoms with Crippen molar-refractivity contribution >= 4 is 67.8 Å². The van der Waals surface area contributed by atoms with Gasteiger partial charge in [0.05, 0.1) is 12.2 Å². The number of pyridine rings is 1. The van der Waals surface area contributed by atoms with Crippen LogP contribution in [-0.4, -0.2) is 102 Å². The summed E-state index contributed by atoms with van der Waals surface area (Å²) in [6.45, 7) is 1.65. The first-order valence-electron chi connectivity index (χ1n) is 13.5. The fourth-order valence-corrected chi connectivity index (χ4v) is 5.48. The molecule has 260 valence electrons. The number of aromatic nitrogens is 2. The molecule has 1 aromatic carbocycles. The summed E-state index contributed by atoms with van der Waals surface area (Å²) >= 11 is 0.894. The summed E-state index contributed by atoms with van der Waals surface area (Å²) in [7, 11) is -5.16. The number of oxime groups is 1. The number of aromatic hydroxyl groups is 1. The molecule has 2 aromatic heterocycles. The van der Waals surface area contributed by atoms with E-state index in [-0.39, 0.29) is 31.1 Å². The number of nitrogens with zero attached hydrogens (tertiary/aromatic N) is 4. The van der Waals surface area contributed by atoms with Crippen molar-refractivity contribution in [3.63, 3.8) is 0 Å². The summed E-state index contributed by atoms with van der Waals surface area (Å²) in [5, 5.41) is 40.2. The number of nitrogen functional groups attached to an aromatic ring is 1. The molecule has 1 aliphatic rings. The van der Waals surface area contributed by atoms with E-state index < -0.39 is 86.7 Å². The highest BCUT2D eigenvalue weighted by atomic mass is 32.2. The average Bonchev–Trinajstić information content (AvgIpc) is 3.44. The van der Waals surface area contributed by atoms with E-state index >= 15 is 0 Å². The molecule has 0 aliphatic carbocycles. The summed E-state index contributed by atoms with van der Waals surface area (Å²) < 4.78 is 33.7. The SMILES string of the molecule is CC(C)(ON=C(C(=O)N[C@@H]1C(=O)N(S(=O)(=O)O)[C@H]1CNC(=O)c1ccc(NC(=O)c2cc(=O)c(O)cn2O)cc1)c1csc(N)n1)C(=O)O.